The third-order valence-corrected chi connectivity index (χ3v) is 3.82. The fourth-order valence-corrected chi connectivity index (χ4v) is 2.97. The van der Waals surface area contributed by atoms with Crippen LogP contribution in [0.1, 0.15) is 30.5 Å². The van der Waals surface area contributed by atoms with Crippen LogP contribution in [0, 0.1) is 31.9 Å². The van der Waals surface area contributed by atoms with Gasteiger partial charge >= 0.3 is 0 Å². The lowest BCUT2D eigenvalue weighted by Crippen LogP contribution is -1.95. The molecule has 110 valence electrons. The minimum Gasteiger partial charge on any atom is -0.239 e. The molecule has 3 rings (SSSR count). The number of fused-ring (bicyclic) bond motifs is 1. The molecule has 22 heavy (non-hydrogen) atoms. The van der Waals surface area contributed by atoms with Crippen molar-refractivity contribution < 1.29 is 0 Å². The van der Waals surface area contributed by atoms with Gasteiger partial charge in [-0.05, 0) is 68.1 Å². The Morgan fingerprint density at radius 2 is 1.77 bits per heavy atom. The number of hydrogen-bond donors (Lipinski definition) is 0. The van der Waals surface area contributed by atoms with Crippen LogP contribution in [0.4, 0.5) is 0 Å². The van der Waals surface area contributed by atoms with Crippen LogP contribution in [-0.4, -0.2) is 4.98 Å². The average molecular weight is 287 g/mol. The van der Waals surface area contributed by atoms with Gasteiger partial charge in [-0.25, -0.2) is 4.98 Å². The van der Waals surface area contributed by atoms with Crippen molar-refractivity contribution in [3.8, 4) is 11.3 Å². The van der Waals surface area contributed by atoms with Gasteiger partial charge in [0, 0.05) is 10.9 Å². The van der Waals surface area contributed by atoms with Crippen LogP contribution in [0.3, 0.4) is 0 Å². The summed E-state index contributed by atoms with van der Waals surface area (Å²) in [5.74, 6) is 0.623. The number of aromatic nitrogens is 1. The zero-order chi connectivity index (χ0) is 15.7. The summed E-state index contributed by atoms with van der Waals surface area (Å²) in [6, 6.07) is 19.2. The number of benzene rings is 1. The van der Waals surface area contributed by atoms with Gasteiger partial charge < -0.3 is 0 Å². The number of aryl methyl sites for hydroxylation is 2. The number of nitrogens with zero attached hydrogens (tertiary/aromatic N) is 1. The molecule has 0 radical (unpaired) electrons. The molecule has 0 aliphatic carbocycles. The predicted octanol–water partition coefficient (Wildman–Crippen LogP) is 5.32. The molecule has 0 N–H and O–H groups in total. The molecule has 0 unspecified atom stereocenters. The summed E-state index contributed by atoms with van der Waals surface area (Å²) in [7, 11) is 0. The maximum Gasteiger partial charge on any atom is 0.121 e. The van der Waals surface area contributed by atoms with Crippen LogP contribution in [0.15, 0.2) is 36.4 Å². The van der Waals surface area contributed by atoms with Crippen molar-refractivity contribution in [3.05, 3.63) is 65.2 Å². The second-order valence-corrected chi connectivity index (χ2v) is 6.51. The summed E-state index contributed by atoms with van der Waals surface area (Å²) in [5, 5.41) is 1.19. The van der Waals surface area contributed by atoms with E-state index in [1.807, 2.05) is 6.07 Å². The molecule has 0 bridgehead atoms. The highest BCUT2D eigenvalue weighted by Gasteiger charge is 2.07. The Bertz CT molecular complexity index is 795. The first-order valence-corrected chi connectivity index (χ1v) is 7.83. The smallest absolute Gasteiger partial charge is 0.121 e. The number of rotatable bonds is 3. The molecule has 0 atom stereocenters. The second kappa shape index (κ2) is 5.81. The van der Waals surface area contributed by atoms with Gasteiger partial charge in [0.2, 0.25) is 0 Å². The fourth-order valence-electron chi connectivity index (χ4n) is 2.97. The molecule has 1 heterocycles. The molecule has 0 saturated carbocycles. The quantitative estimate of drug-likeness (QED) is 0.635. The van der Waals surface area contributed by atoms with Gasteiger partial charge in [0.1, 0.15) is 5.52 Å². The number of pyridine rings is 1. The van der Waals surface area contributed by atoms with E-state index in [1.165, 1.54) is 27.6 Å². The first kappa shape index (κ1) is 14.6. The van der Waals surface area contributed by atoms with Crippen LogP contribution in [0.2, 0.25) is 0 Å². The highest BCUT2D eigenvalue weighted by Crippen LogP contribution is 2.24. The third kappa shape index (κ3) is 2.97. The lowest BCUT2D eigenvalue weighted by Gasteiger charge is -2.09. The Morgan fingerprint density at radius 3 is 2.45 bits per heavy atom. The molecule has 1 heteroatoms. The van der Waals surface area contributed by atoms with E-state index in [9.17, 15) is 0 Å². The summed E-state index contributed by atoms with van der Waals surface area (Å²) >= 11 is 0. The van der Waals surface area contributed by atoms with E-state index in [1.54, 1.807) is 0 Å². The highest BCUT2D eigenvalue weighted by atomic mass is 14.7. The largest absolute Gasteiger partial charge is 0.239 e. The Morgan fingerprint density at radius 1 is 1.05 bits per heavy atom. The van der Waals surface area contributed by atoms with Gasteiger partial charge in [-0.3, -0.25) is 0 Å². The first-order chi connectivity index (χ1) is 10.5. The summed E-state index contributed by atoms with van der Waals surface area (Å²) in [4.78, 5) is 4.81. The Hall–Kier alpha value is -2.33. The first-order valence-electron chi connectivity index (χ1n) is 7.83. The zero-order valence-corrected chi connectivity index (χ0v) is 13.7. The van der Waals surface area contributed by atoms with E-state index in [4.69, 9.17) is 4.98 Å². The topological polar surface area (TPSA) is 12.9 Å². The van der Waals surface area contributed by atoms with E-state index in [-0.39, 0.29) is 0 Å². The van der Waals surface area contributed by atoms with Crippen molar-refractivity contribution >= 4 is 10.9 Å². The Kier molecular flexibility index (Phi) is 3.86. The van der Waals surface area contributed by atoms with E-state index in [2.05, 4.69) is 70.2 Å². The summed E-state index contributed by atoms with van der Waals surface area (Å²) < 4.78 is 0. The van der Waals surface area contributed by atoms with Crippen LogP contribution >= 0.6 is 0 Å². The monoisotopic (exact) mass is 287 g/mol. The normalized spacial score (nSPS) is 11.0. The maximum absolute atomic E-state index is 4.81. The third-order valence-electron chi connectivity index (χ3n) is 3.82. The van der Waals surface area contributed by atoms with Gasteiger partial charge in [0.15, 0.2) is 0 Å². The molecular weight excluding hydrogens is 266 g/mol. The van der Waals surface area contributed by atoms with E-state index in [0.29, 0.717) is 5.92 Å². The minimum absolute atomic E-state index is 0.623. The summed E-state index contributed by atoms with van der Waals surface area (Å²) in [6.45, 7) is 8.72. The highest BCUT2D eigenvalue weighted by molar-refractivity contribution is 5.83. The van der Waals surface area contributed by atoms with Gasteiger partial charge in [0.25, 0.3) is 0 Å². The van der Waals surface area contributed by atoms with Gasteiger partial charge in [0.05, 0.1) is 5.69 Å². The molecule has 0 aliphatic rings. The van der Waals surface area contributed by atoms with Crippen molar-refractivity contribution in [2.24, 2.45) is 5.92 Å². The van der Waals surface area contributed by atoms with Crippen molar-refractivity contribution in [1.82, 2.24) is 4.98 Å². The van der Waals surface area contributed by atoms with E-state index >= 15 is 0 Å². The molecule has 2 aromatic carbocycles. The van der Waals surface area contributed by atoms with Crippen LogP contribution in [-0.2, 0) is 6.42 Å². The lowest BCUT2D eigenvalue weighted by molar-refractivity contribution is 0.650. The van der Waals surface area contributed by atoms with Crippen molar-refractivity contribution in [3.63, 3.8) is 0 Å². The SMILES string of the molecule is Cc1cc(C)cc(-c2ccc3c(CC(C)C)cc#cc3n2)c1. The minimum atomic E-state index is 0.623. The molecule has 0 aliphatic heterocycles. The molecule has 0 fully saturated rings. The van der Waals surface area contributed by atoms with Crippen molar-refractivity contribution in [2.75, 3.05) is 0 Å². The fraction of sp³-hybridized carbons (Fsp3) is 0.286. The predicted molar refractivity (Wildman–Crippen MR) is 92.9 cm³/mol. The molecule has 0 spiro atoms. The van der Waals surface area contributed by atoms with Crippen LogP contribution in [0.25, 0.3) is 22.2 Å². The van der Waals surface area contributed by atoms with E-state index < -0.39 is 0 Å². The Labute approximate surface area is 133 Å². The van der Waals surface area contributed by atoms with Crippen LogP contribution < -0.4 is 0 Å². The summed E-state index contributed by atoms with van der Waals surface area (Å²) in [6.07, 6.45) is 1.05. The average Bonchev–Trinajstić information content (AvgIpc) is 2.45. The second-order valence-electron chi connectivity index (χ2n) is 6.51. The maximum atomic E-state index is 4.81. The molecule has 1 nitrogen and oxygen atoms in total. The molecule has 1 aromatic heterocycles. The summed E-state index contributed by atoms with van der Waals surface area (Å²) in [5.41, 5.74) is 6.92. The molecule has 0 saturated heterocycles. The Balaban J connectivity index is 2.10. The molecule has 3 aromatic rings. The lowest BCUT2D eigenvalue weighted by atomic mass is 9.99. The number of hydrogen-bond acceptors (Lipinski definition) is 1. The van der Waals surface area contributed by atoms with Crippen molar-refractivity contribution in [2.45, 2.75) is 34.1 Å². The standard InChI is InChI=1S/C21H21N/c1-14(2)10-17-6-5-7-21-19(17)8-9-20(22-21)18-12-15(3)11-16(4)13-18/h6,8-9,11-14H,10H2,1-4H3. The van der Waals surface area contributed by atoms with E-state index in [0.717, 1.165) is 17.6 Å². The zero-order valence-electron chi connectivity index (χ0n) is 13.7. The van der Waals surface area contributed by atoms with Gasteiger partial charge in [-0.15, -0.1) is 0 Å². The van der Waals surface area contributed by atoms with Crippen LogP contribution in [0.5, 0.6) is 0 Å². The van der Waals surface area contributed by atoms with Gasteiger partial charge in [-0.2, -0.15) is 0 Å². The van der Waals surface area contributed by atoms with Gasteiger partial charge in [-0.1, -0.05) is 37.1 Å². The van der Waals surface area contributed by atoms with Crippen molar-refractivity contribution in [1.29, 1.82) is 0 Å². The molecule has 0 amide bonds. The molecular formula is C21H21N.